The first kappa shape index (κ1) is 21.0. The zero-order valence-electron chi connectivity index (χ0n) is 13.9. The average molecular weight is 421 g/mol. The molecule has 0 aliphatic heterocycles. The number of aliphatic imine (C=N–C) groups is 1. The molecule has 0 saturated heterocycles. The number of methoxy groups -OCH3 is 1. The molecule has 0 aliphatic rings. The molecule has 6 heteroatoms. The summed E-state index contributed by atoms with van der Waals surface area (Å²) in [6.07, 6.45) is 0. The Kier molecular flexibility index (Phi) is 11.9. The predicted molar refractivity (Wildman–Crippen MR) is 103 cm³/mol. The van der Waals surface area contributed by atoms with Gasteiger partial charge in [0.1, 0.15) is 12.4 Å². The number of halogens is 1. The topological polar surface area (TPSA) is 54.9 Å². The lowest BCUT2D eigenvalue weighted by atomic mass is 10.0. The number of nitrogens with one attached hydrogen (secondary N) is 2. The Morgan fingerprint density at radius 2 is 1.68 bits per heavy atom. The van der Waals surface area contributed by atoms with Crippen LogP contribution in [0.15, 0.2) is 29.3 Å². The van der Waals surface area contributed by atoms with Crippen molar-refractivity contribution in [1.82, 2.24) is 10.6 Å². The number of nitrogens with zero attached hydrogens (tertiary/aromatic N) is 1. The number of hydrogen-bond donors (Lipinski definition) is 2. The lowest BCUT2D eigenvalue weighted by Crippen LogP contribution is -2.40. The Balaban J connectivity index is 0.00000441. The van der Waals surface area contributed by atoms with Gasteiger partial charge >= 0.3 is 0 Å². The molecule has 1 aromatic rings. The van der Waals surface area contributed by atoms with Gasteiger partial charge in [-0.3, -0.25) is 4.99 Å². The third kappa shape index (κ3) is 8.43. The van der Waals surface area contributed by atoms with Crippen molar-refractivity contribution in [1.29, 1.82) is 0 Å². The fraction of sp³-hybridized carbons (Fsp3) is 0.562. The molecule has 0 saturated carbocycles. The van der Waals surface area contributed by atoms with Gasteiger partial charge in [0, 0.05) is 20.7 Å². The van der Waals surface area contributed by atoms with E-state index in [-0.39, 0.29) is 24.0 Å². The van der Waals surface area contributed by atoms with Gasteiger partial charge in [-0.2, -0.15) is 0 Å². The van der Waals surface area contributed by atoms with E-state index in [4.69, 9.17) is 9.47 Å². The first-order valence-corrected chi connectivity index (χ1v) is 7.33. The van der Waals surface area contributed by atoms with Gasteiger partial charge in [0.25, 0.3) is 0 Å². The third-order valence-corrected chi connectivity index (χ3v) is 3.03. The zero-order valence-corrected chi connectivity index (χ0v) is 16.2. The quantitative estimate of drug-likeness (QED) is 0.293. The fourth-order valence-electron chi connectivity index (χ4n) is 1.78. The highest BCUT2D eigenvalue weighted by atomic mass is 127. The molecule has 22 heavy (non-hydrogen) atoms. The monoisotopic (exact) mass is 421 g/mol. The maximum absolute atomic E-state index is 5.69. The van der Waals surface area contributed by atoms with E-state index in [0.29, 0.717) is 25.7 Å². The molecular formula is C16H28IN3O2. The normalized spacial score (nSPS) is 11.0. The molecule has 126 valence electrons. The van der Waals surface area contributed by atoms with Crippen molar-refractivity contribution in [2.75, 3.05) is 40.5 Å². The molecule has 0 radical (unpaired) electrons. The van der Waals surface area contributed by atoms with Gasteiger partial charge in [-0.05, 0) is 23.6 Å². The summed E-state index contributed by atoms with van der Waals surface area (Å²) in [7, 11) is 3.42. The molecule has 2 N–H and O–H groups in total. The van der Waals surface area contributed by atoms with Crippen LogP contribution in [0, 0.1) is 0 Å². The maximum atomic E-state index is 5.69. The largest absolute Gasteiger partial charge is 0.492 e. The van der Waals surface area contributed by atoms with E-state index in [1.54, 1.807) is 14.2 Å². The van der Waals surface area contributed by atoms with E-state index in [0.717, 1.165) is 18.3 Å². The Bertz CT molecular complexity index is 422. The van der Waals surface area contributed by atoms with Crippen molar-refractivity contribution in [2.45, 2.75) is 19.8 Å². The number of benzene rings is 1. The molecule has 0 unspecified atom stereocenters. The summed E-state index contributed by atoms with van der Waals surface area (Å²) in [5.74, 6) is 2.19. The second-order valence-electron chi connectivity index (χ2n) is 4.99. The second kappa shape index (κ2) is 12.5. The third-order valence-electron chi connectivity index (χ3n) is 3.03. The molecule has 0 fully saturated rings. The summed E-state index contributed by atoms with van der Waals surface area (Å²) in [4.78, 5) is 4.12. The SMILES string of the molecule is CN=C(NCCOC)NCCOc1ccc(C(C)C)cc1.I. The molecule has 0 aromatic heterocycles. The van der Waals surface area contributed by atoms with E-state index >= 15 is 0 Å². The summed E-state index contributed by atoms with van der Waals surface area (Å²) in [6, 6.07) is 8.25. The maximum Gasteiger partial charge on any atom is 0.191 e. The highest BCUT2D eigenvalue weighted by Gasteiger charge is 2.00. The van der Waals surface area contributed by atoms with Crippen LogP contribution in [0.25, 0.3) is 0 Å². The Labute approximate surface area is 150 Å². The smallest absolute Gasteiger partial charge is 0.191 e. The lowest BCUT2D eigenvalue weighted by molar-refractivity contribution is 0.203. The fourth-order valence-corrected chi connectivity index (χ4v) is 1.78. The van der Waals surface area contributed by atoms with Crippen LogP contribution >= 0.6 is 24.0 Å². The van der Waals surface area contributed by atoms with Crippen molar-refractivity contribution in [3.8, 4) is 5.75 Å². The van der Waals surface area contributed by atoms with Crippen LogP contribution in [0.1, 0.15) is 25.3 Å². The highest BCUT2D eigenvalue weighted by Crippen LogP contribution is 2.18. The van der Waals surface area contributed by atoms with Crippen molar-refractivity contribution in [2.24, 2.45) is 4.99 Å². The molecule has 0 atom stereocenters. The van der Waals surface area contributed by atoms with Gasteiger partial charge in [0.05, 0.1) is 13.2 Å². The number of ether oxygens (including phenoxy) is 2. The first-order chi connectivity index (χ1) is 10.2. The van der Waals surface area contributed by atoms with Gasteiger partial charge in [-0.25, -0.2) is 0 Å². The van der Waals surface area contributed by atoms with E-state index in [1.165, 1.54) is 5.56 Å². The molecule has 1 rings (SSSR count). The number of guanidine groups is 1. The molecule has 0 heterocycles. The Morgan fingerprint density at radius 3 is 2.18 bits per heavy atom. The second-order valence-corrected chi connectivity index (χ2v) is 4.99. The molecule has 1 aromatic carbocycles. The average Bonchev–Trinajstić information content (AvgIpc) is 2.50. The number of hydrogen-bond acceptors (Lipinski definition) is 3. The van der Waals surface area contributed by atoms with Gasteiger partial charge in [0.2, 0.25) is 0 Å². The van der Waals surface area contributed by atoms with Crippen LogP contribution in [0.5, 0.6) is 5.75 Å². The molecule has 0 aliphatic carbocycles. The first-order valence-electron chi connectivity index (χ1n) is 7.33. The molecule has 0 amide bonds. The van der Waals surface area contributed by atoms with E-state index < -0.39 is 0 Å². The van der Waals surface area contributed by atoms with Crippen LogP contribution in [-0.4, -0.2) is 46.4 Å². The minimum atomic E-state index is 0. The molecule has 0 bridgehead atoms. The van der Waals surface area contributed by atoms with E-state index in [1.807, 2.05) is 12.1 Å². The molecule has 5 nitrogen and oxygen atoms in total. The van der Waals surface area contributed by atoms with Gasteiger partial charge < -0.3 is 20.1 Å². The summed E-state index contributed by atoms with van der Waals surface area (Å²) in [5.41, 5.74) is 1.32. The minimum Gasteiger partial charge on any atom is -0.492 e. The minimum absolute atomic E-state index is 0. The van der Waals surface area contributed by atoms with Crippen LogP contribution in [0.3, 0.4) is 0 Å². The van der Waals surface area contributed by atoms with Crippen molar-refractivity contribution >= 4 is 29.9 Å². The van der Waals surface area contributed by atoms with Gasteiger partial charge in [-0.1, -0.05) is 26.0 Å². The summed E-state index contributed by atoms with van der Waals surface area (Å²) in [5, 5.41) is 6.33. The van der Waals surface area contributed by atoms with Gasteiger partial charge in [-0.15, -0.1) is 24.0 Å². The summed E-state index contributed by atoms with van der Waals surface area (Å²) >= 11 is 0. The molecule has 0 spiro atoms. The van der Waals surface area contributed by atoms with Crippen LogP contribution in [-0.2, 0) is 4.74 Å². The summed E-state index contributed by atoms with van der Waals surface area (Å²) in [6.45, 7) is 7.03. The Morgan fingerprint density at radius 1 is 1.09 bits per heavy atom. The van der Waals surface area contributed by atoms with Gasteiger partial charge in [0.15, 0.2) is 5.96 Å². The number of rotatable bonds is 8. The molecular weight excluding hydrogens is 393 g/mol. The van der Waals surface area contributed by atoms with Crippen molar-refractivity contribution in [3.05, 3.63) is 29.8 Å². The van der Waals surface area contributed by atoms with Crippen LogP contribution < -0.4 is 15.4 Å². The van der Waals surface area contributed by atoms with Crippen molar-refractivity contribution < 1.29 is 9.47 Å². The highest BCUT2D eigenvalue weighted by molar-refractivity contribution is 14.0. The van der Waals surface area contributed by atoms with Crippen LogP contribution in [0.2, 0.25) is 0 Å². The van der Waals surface area contributed by atoms with Crippen LogP contribution in [0.4, 0.5) is 0 Å². The lowest BCUT2D eigenvalue weighted by Gasteiger charge is -2.12. The predicted octanol–water partition coefficient (Wildman–Crippen LogP) is 2.62. The van der Waals surface area contributed by atoms with Crippen molar-refractivity contribution in [3.63, 3.8) is 0 Å². The zero-order chi connectivity index (χ0) is 15.5. The van der Waals surface area contributed by atoms with E-state index in [2.05, 4.69) is 41.6 Å². The van der Waals surface area contributed by atoms with E-state index in [9.17, 15) is 0 Å². The summed E-state index contributed by atoms with van der Waals surface area (Å²) < 4.78 is 10.7. The Hall–Kier alpha value is -1.02. The standard InChI is InChI=1S/C16H27N3O2.HI/c1-13(2)14-5-7-15(8-6-14)21-12-10-19-16(17-3)18-9-11-20-4;/h5-8,13H,9-12H2,1-4H3,(H2,17,18,19);1H.